The Morgan fingerprint density at radius 3 is 2.38 bits per heavy atom. The molecule has 1 atom stereocenters. The molecule has 2 rings (SSSR count). The summed E-state index contributed by atoms with van der Waals surface area (Å²) in [5.74, 6) is 0.502. The number of anilines is 1. The molecule has 1 saturated carbocycles. The summed E-state index contributed by atoms with van der Waals surface area (Å²) in [6.07, 6.45) is 3.40. The van der Waals surface area contributed by atoms with Crippen LogP contribution in [0.15, 0.2) is 18.2 Å². The summed E-state index contributed by atoms with van der Waals surface area (Å²) in [6.45, 7) is 8.05. The molecule has 1 aromatic rings. The maximum absolute atomic E-state index is 9.78. The molecule has 0 spiro atoms. The molecule has 1 fully saturated rings. The van der Waals surface area contributed by atoms with Crippen LogP contribution in [0.4, 0.5) is 5.69 Å². The van der Waals surface area contributed by atoms with Crippen molar-refractivity contribution in [3.63, 3.8) is 0 Å². The molecule has 0 saturated heterocycles. The molecule has 114 valence electrons. The van der Waals surface area contributed by atoms with Gasteiger partial charge in [0.1, 0.15) is 5.54 Å². The van der Waals surface area contributed by atoms with Gasteiger partial charge in [0.15, 0.2) is 0 Å². The second kappa shape index (κ2) is 6.49. The Morgan fingerprint density at radius 2 is 1.90 bits per heavy atom. The van der Waals surface area contributed by atoms with Crippen molar-refractivity contribution < 1.29 is 0 Å². The second-order valence-corrected chi connectivity index (χ2v) is 6.49. The van der Waals surface area contributed by atoms with Crippen molar-refractivity contribution in [3.8, 4) is 6.07 Å². The molecule has 1 aliphatic rings. The highest BCUT2D eigenvalue weighted by Crippen LogP contribution is 2.40. The van der Waals surface area contributed by atoms with Crippen molar-refractivity contribution in [2.75, 3.05) is 25.0 Å². The summed E-state index contributed by atoms with van der Waals surface area (Å²) in [5, 5.41) is 13.3. The van der Waals surface area contributed by atoms with Crippen LogP contribution in [0.1, 0.15) is 37.3 Å². The van der Waals surface area contributed by atoms with Crippen molar-refractivity contribution >= 4 is 5.69 Å². The molecule has 1 aromatic carbocycles. The van der Waals surface area contributed by atoms with Gasteiger partial charge in [0, 0.05) is 19.3 Å². The predicted octanol–water partition coefficient (Wildman–Crippen LogP) is 3.41. The number of benzene rings is 1. The maximum Gasteiger partial charge on any atom is 0.127 e. The molecule has 0 amide bonds. The van der Waals surface area contributed by atoms with Crippen molar-refractivity contribution in [2.45, 2.75) is 45.6 Å². The fraction of sp³-hybridized carbons (Fsp3) is 0.611. The first kappa shape index (κ1) is 15.9. The first-order chi connectivity index (χ1) is 10.0. The van der Waals surface area contributed by atoms with Gasteiger partial charge in [-0.3, -0.25) is 5.32 Å². The lowest BCUT2D eigenvalue weighted by atomic mass is 9.93. The number of hydrogen-bond donors (Lipinski definition) is 1. The zero-order valence-corrected chi connectivity index (χ0v) is 13.7. The monoisotopic (exact) mass is 285 g/mol. The standard InChI is InChI=1S/C18H27N3/c1-5-8-20-18(12-19,16-6-7-16)13-21(4)17-10-14(2)9-15(3)11-17/h9-11,16,20H,5-8,13H2,1-4H3. The van der Waals surface area contributed by atoms with Gasteiger partial charge >= 0.3 is 0 Å². The van der Waals surface area contributed by atoms with E-state index >= 15 is 0 Å². The molecular formula is C18H27N3. The van der Waals surface area contributed by atoms with Crippen LogP contribution in [0.2, 0.25) is 0 Å². The number of aryl methyl sites for hydroxylation is 2. The molecule has 0 bridgehead atoms. The summed E-state index contributed by atoms with van der Waals surface area (Å²) < 4.78 is 0. The largest absolute Gasteiger partial charge is 0.372 e. The first-order valence-corrected chi connectivity index (χ1v) is 7.96. The van der Waals surface area contributed by atoms with E-state index in [0.717, 1.165) is 19.5 Å². The van der Waals surface area contributed by atoms with Gasteiger partial charge in [-0.15, -0.1) is 0 Å². The van der Waals surface area contributed by atoms with Gasteiger partial charge in [0.05, 0.1) is 6.07 Å². The van der Waals surface area contributed by atoms with Crippen molar-refractivity contribution in [1.82, 2.24) is 5.32 Å². The maximum atomic E-state index is 9.78. The molecule has 0 radical (unpaired) electrons. The zero-order chi connectivity index (χ0) is 15.5. The van der Waals surface area contributed by atoms with E-state index < -0.39 is 5.54 Å². The van der Waals surface area contributed by atoms with E-state index in [2.05, 4.69) is 62.3 Å². The fourth-order valence-electron chi connectivity index (χ4n) is 3.06. The van der Waals surface area contributed by atoms with Gasteiger partial charge in [0.2, 0.25) is 0 Å². The van der Waals surface area contributed by atoms with Crippen LogP contribution in [-0.4, -0.2) is 25.7 Å². The number of nitrogens with one attached hydrogen (secondary N) is 1. The predicted molar refractivity (Wildman–Crippen MR) is 88.5 cm³/mol. The molecule has 0 aliphatic heterocycles. The molecule has 0 heterocycles. The summed E-state index contributed by atoms with van der Waals surface area (Å²) in [6, 6.07) is 9.17. The minimum atomic E-state index is -0.400. The lowest BCUT2D eigenvalue weighted by molar-refractivity contribution is 0.369. The third kappa shape index (κ3) is 3.77. The minimum absolute atomic E-state index is 0.400. The van der Waals surface area contributed by atoms with Gasteiger partial charge in [-0.25, -0.2) is 0 Å². The van der Waals surface area contributed by atoms with E-state index in [1.165, 1.54) is 29.7 Å². The Kier molecular flexibility index (Phi) is 4.90. The average molecular weight is 285 g/mol. The summed E-state index contributed by atoms with van der Waals surface area (Å²) in [4.78, 5) is 2.23. The van der Waals surface area contributed by atoms with Crippen molar-refractivity contribution in [3.05, 3.63) is 29.3 Å². The SMILES string of the molecule is CCCNC(C#N)(CN(C)c1cc(C)cc(C)c1)C1CC1. The Morgan fingerprint density at radius 1 is 1.29 bits per heavy atom. The number of nitriles is 1. The Labute approximate surface area is 129 Å². The molecule has 1 N–H and O–H groups in total. The summed E-state index contributed by atoms with van der Waals surface area (Å²) in [5.41, 5.74) is 3.34. The van der Waals surface area contributed by atoms with Gasteiger partial charge in [0.25, 0.3) is 0 Å². The molecule has 3 nitrogen and oxygen atoms in total. The Balaban J connectivity index is 2.17. The second-order valence-electron chi connectivity index (χ2n) is 6.49. The molecular weight excluding hydrogens is 258 g/mol. The van der Waals surface area contributed by atoms with E-state index in [-0.39, 0.29) is 0 Å². The van der Waals surface area contributed by atoms with E-state index in [4.69, 9.17) is 0 Å². The highest BCUT2D eigenvalue weighted by molar-refractivity contribution is 5.51. The number of rotatable bonds is 7. The van der Waals surface area contributed by atoms with Gasteiger partial charge < -0.3 is 4.90 Å². The quantitative estimate of drug-likeness (QED) is 0.834. The zero-order valence-electron chi connectivity index (χ0n) is 13.7. The lowest BCUT2D eigenvalue weighted by Gasteiger charge is -2.34. The molecule has 21 heavy (non-hydrogen) atoms. The third-order valence-corrected chi connectivity index (χ3v) is 4.30. The van der Waals surface area contributed by atoms with Gasteiger partial charge in [-0.2, -0.15) is 5.26 Å². The van der Waals surface area contributed by atoms with Gasteiger partial charge in [-0.05, 0) is 68.8 Å². The van der Waals surface area contributed by atoms with E-state index in [9.17, 15) is 5.26 Å². The lowest BCUT2D eigenvalue weighted by Crippen LogP contribution is -2.54. The number of hydrogen-bond acceptors (Lipinski definition) is 3. The Hall–Kier alpha value is -1.53. The average Bonchev–Trinajstić information content (AvgIpc) is 3.27. The Bertz CT molecular complexity index is 508. The van der Waals surface area contributed by atoms with Crippen LogP contribution in [0, 0.1) is 31.1 Å². The van der Waals surface area contributed by atoms with Gasteiger partial charge in [-0.1, -0.05) is 13.0 Å². The molecule has 1 aliphatic carbocycles. The van der Waals surface area contributed by atoms with Crippen LogP contribution < -0.4 is 10.2 Å². The number of likely N-dealkylation sites (N-methyl/N-ethyl adjacent to an activating group) is 1. The van der Waals surface area contributed by atoms with Crippen LogP contribution in [0.3, 0.4) is 0 Å². The normalized spacial score (nSPS) is 17.1. The molecule has 0 aromatic heterocycles. The molecule has 3 heteroatoms. The number of nitrogens with zero attached hydrogens (tertiary/aromatic N) is 2. The van der Waals surface area contributed by atoms with Crippen LogP contribution >= 0.6 is 0 Å². The minimum Gasteiger partial charge on any atom is -0.372 e. The van der Waals surface area contributed by atoms with Crippen LogP contribution in [0.25, 0.3) is 0 Å². The van der Waals surface area contributed by atoms with Crippen molar-refractivity contribution in [2.24, 2.45) is 5.92 Å². The van der Waals surface area contributed by atoms with Crippen molar-refractivity contribution in [1.29, 1.82) is 5.26 Å². The van der Waals surface area contributed by atoms with Crippen LogP contribution in [0.5, 0.6) is 0 Å². The third-order valence-electron chi connectivity index (χ3n) is 4.30. The first-order valence-electron chi connectivity index (χ1n) is 7.96. The topological polar surface area (TPSA) is 39.1 Å². The van der Waals surface area contributed by atoms with E-state index in [1.54, 1.807) is 0 Å². The summed E-state index contributed by atoms with van der Waals surface area (Å²) in [7, 11) is 2.09. The van der Waals surface area contributed by atoms with Crippen LogP contribution in [-0.2, 0) is 0 Å². The van der Waals surface area contributed by atoms with E-state index in [0.29, 0.717) is 5.92 Å². The highest BCUT2D eigenvalue weighted by atomic mass is 15.2. The summed E-state index contributed by atoms with van der Waals surface area (Å²) >= 11 is 0. The smallest absolute Gasteiger partial charge is 0.127 e. The molecule has 1 unspecified atom stereocenters. The fourth-order valence-corrected chi connectivity index (χ4v) is 3.06. The van der Waals surface area contributed by atoms with E-state index in [1.807, 2.05) is 0 Å². The highest BCUT2D eigenvalue weighted by Gasteiger charge is 2.46.